The first-order chi connectivity index (χ1) is 12.5. The van der Waals surface area contributed by atoms with Gasteiger partial charge in [0.15, 0.2) is 0 Å². The third-order valence-electron chi connectivity index (χ3n) is 3.49. The Morgan fingerprint density at radius 1 is 1.23 bits per heavy atom. The molecule has 1 aromatic carbocycles. The number of rotatable bonds is 10. The van der Waals surface area contributed by atoms with Gasteiger partial charge in [-0.1, -0.05) is 30.3 Å². The number of hydrogen-bond donors (Lipinski definition) is 2. The fourth-order valence-corrected chi connectivity index (χ4v) is 3.67. The highest BCUT2D eigenvalue weighted by Gasteiger charge is 2.22. The zero-order valence-corrected chi connectivity index (χ0v) is 16.1. The summed E-state index contributed by atoms with van der Waals surface area (Å²) in [7, 11) is -3.75. The summed E-state index contributed by atoms with van der Waals surface area (Å²) in [6.45, 7) is 0.211. The molecule has 26 heavy (non-hydrogen) atoms. The van der Waals surface area contributed by atoms with E-state index in [-0.39, 0.29) is 12.5 Å². The molecule has 0 spiro atoms. The van der Waals surface area contributed by atoms with Crippen molar-refractivity contribution < 1.29 is 17.6 Å². The van der Waals surface area contributed by atoms with E-state index in [1.54, 1.807) is 36.0 Å². The summed E-state index contributed by atoms with van der Waals surface area (Å²) < 4.78 is 32.2. The maximum absolute atomic E-state index is 12.4. The van der Waals surface area contributed by atoms with Gasteiger partial charge in [0.2, 0.25) is 15.9 Å². The number of sulfonamides is 1. The van der Waals surface area contributed by atoms with E-state index in [1.807, 2.05) is 24.5 Å². The molecule has 1 atom stereocenters. The summed E-state index contributed by atoms with van der Waals surface area (Å²) in [5, 5.41) is 3.78. The molecule has 8 heteroatoms. The smallest absolute Gasteiger partial charge is 0.238 e. The number of furan rings is 1. The van der Waals surface area contributed by atoms with E-state index in [0.717, 1.165) is 11.0 Å². The Morgan fingerprint density at radius 3 is 2.65 bits per heavy atom. The quantitative estimate of drug-likeness (QED) is 0.647. The van der Waals surface area contributed by atoms with E-state index < -0.39 is 16.1 Å². The maximum Gasteiger partial charge on any atom is 0.238 e. The van der Waals surface area contributed by atoms with Gasteiger partial charge in [0.1, 0.15) is 11.8 Å². The summed E-state index contributed by atoms with van der Waals surface area (Å²) in [5.41, 5.74) is 0.765. The highest BCUT2D eigenvalue weighted by Crippen LogP contribution is 2.07. The second-order valence-electron chi connectivity index (χ2n) is 5.51. The van der Waals surface area contributed by atoms with Gasteiger partial charge >= 0.3 is 0 Å². The van der Waals surface area contributed by atoms with Crippen LogP contribution in [0.25, 0.3) is 6.08 Å². The van der Waals surface area contributed by atoms with Gasteiger partial charge in [0.05, 0.1) is 12.8 Å². The van der Waals surface area contributed by atoms with Crippen LogP contribution in [0.4, 0.5) is 0 Å². The Labute approximate surface area is 158 Å². The molecule has 1 aromatic heterocycles. The number of hydrogen-bond acceptors (Lipinski definition) is 5. The number of thioether (sulfide) groups is 1. The Morgan fingerprint density at radius 2 is 2.00 bits per heavy atom. The molecular weight excluding hydrogens is 372 g/mol. The molecule has 0 unspecified atom stereocenters. The van der Waals surface area contributed by atoms with Gasteiger partial charge < -0.3 is 9.73 Å². The van der Waals surface area contributed by atoms with Gasteiger partial charge in [-0.3, -0.25) is 4.79 Å². The molecule has 0 radical (unpaired) electrons. The molecule has 1 heterocycles. The monoisotopic (exact) mass is 394 g/mol. The number of amides is 1. The fraction of sp³-hybridized carbons (Fsp3) is 0.278. The molecule has 0 aliphatic rings. The molecule has 6 nitrogen and oxygen atoms in total. The first-order valence-electron chi connectivity index (χ1n) is 8.04. The highest BCUT2D eigenvalue weighted by molar-refractivity contribution is 7.98. The van der Waals surface area contributed by atoms with Crippen molar-refractivity contribution in [2.24, 2.45) is 0 Å². The van der Waals surface area contributed by atoms with Crippen LogP contribution in [-0.4, -0.2) is 32.4 Å². The molecule has 1 amide bonds. The van der Waals surface area contributed by atoms with Crippen LogP contribution in [-0.2, 0) is 21.4 Å². The van der Waals surface area contributed by atoms with Crippen LogP contribution in [0.15, 0.2) is 58.6 Å². The second-order valence-corrected chi connectivity index (χ2v) is 8.09. The third-order valence-corrected chi connectivity index (χ3v) is 5.24. The van der Waals surface area contributed by atoms with Crippen LogP contribution in [0.3, 0.4) is 0 Å². The summed E-state index contributed by atoms with van der Waals surface area (Å²) in [4.78, 5) is 12.4. The molecule has 0 saturated heterocycles. The van der Waals surface area contributed by atoms with Crippen molar-refractivity contribution in [1.82, 2.24) is 10.0 Å². The van der Waals surface area contributed by atoms with Crippen molar-refractivity contribution in [3.8, 4) is 0 Å². The fourth-order valence-electron chi connectivity index (χ4n) is 2.16. The third kappa shape index (κ3) is 7.07. The lowest BCUT2D eigenvalue weighted by Gasteiger charge is -2.16. The Bertz CT molecular complexity index is 803. The summed E-state index contributed by atoms with van der Waals surface area (Å²) in [6, 6.07) is 11.7. The van der Waals surface area contributed by atoms with Gasteiger partial charge in [-0.05, 0) is 42.2 Å². The molecule has 0 fully saturated rings. The average molecular weight is 395 g/mol. The van der Waals surface area contributed by atoms with Crippen molar-refractivity contribution >= 4 is 33.8 Å². The minimum atomic E-state index is -3.75. The molecule has 0 aliphatic carbocycles. The lowest BCUT2D eigenvalue weighted by atomic mass is 10.2. The Kier molecular flexibility index (Phi) is 7.96. The number of benzene rings is 1. The van der Waals surface area contributed by atoms with Gasteiger partial charge in [-0.25, -0.2) is 8.42 Å². The van der Waals surface area contributed by atoms with Crippen LogP contribution in [0.5, 0.6) is 0 Å². The summed E-state index contributed by atoms with van der Waals surface area (Å²) >= 11 is 1.55. The Balaban J connectivity index is 2.00. The van der Waals surface area contributed by atoms with Crippen LogP contribution in [0.2, 0.25) is 0 Å². The first kappa shape index (κ1) is 20.3. The highest BCUT2D eigenvalue weighted by atomic mass is 32.2. The number of carbonyl (C=O) groups is 1. The van der Waals surface area contributed by atoms with Gasteiger partial charge in [-0.2, -0.15) is 16.5 Å². The molecule has 2 N–H and O–H groups in total. The van der Waals surface area contributed by atoms with Crippen molar-refractivity contribution in [1.29, 1.82) is 0 Å². The molecule has 2 rings (SSSR count). The predicted molar refractivity (Wildman–Crippen MR) is 105 cm³/mol. The predicted octanol–water partition coefficient (Wildman–Crippen LogP) is 2.61. The van der Waals surface area contributed by atoms with Crippen molar-refractivity contribution in [2.45, 2.75) is 19.0 Å². The summed E-state index contributed by atoms with van der Waals surface area (Å²) in [5.74, 6) is 0.880. The standard InChI is InChI=1S/C18H22N2O4S2/c1-25-12-9-17(18(21)19-14-16-8-5-11-24-16)20-26(22,23)13-10-15-6-3-2-4-7-15/h2-8,10-11,13,17,20H,9,12,14H2,1H3,(H,19,21)/b13-10+/t17-/m0/s1. The molecule has 0 bridgehead atoms. The minimum Gasteiger partial charge on any atom is -0.467 e. The molecule has 140 valence electrons. The van der Waals surface area contributed by atoms with Gasteiger partial charge in [0.25, 0.3) is 0 Å². The number of carbonyl (C=O) groups excluding carboxylic acids is 1. The molecule has 2 aromatic rings. The first-order valence-corrected chi connectivity index (χ1v) is 11.0. The lowest BCUT2D eigenvalue weighted by molar-refractivity contribution is -0.123. The average Bonchev–Trinajstić information content (AvgIpc) is 3.16. The van der Waals surface area contributed by atoms with Gasteiger partial charge in [-0.15, -0.1) is 0 Å². The van der Waals surface area contributed by atoms with E-state index in [9.17, 15) is 13.2 Å². The topological polar surface area (TPSA) is 88.4 Å². The molecule has 0 saturated carbocycles. The van der Waals surface area contributed by atoms with Crippen LogP contribution >= 0.6 is 11.8 Å². The SMILES string of the molecule is CSCC[C@H](NS(=O)(=O)/C=C/c1ccccc1)C(=O)NCc1ccco1. The zero-order valence-electron chi connectivity index (χ0n) is 14.4. The van der Waals surface area contributed by atoms with Gasteiger partial charge in [0, 0.05) is 5.41 Å². The van der Waals surface area contributed by atoms with E-state index in [1.165, 1.54) is 12.3 Å². The van der Waals surface area contributed by atoms with E-state index in [4.69, 9.17) is 4.42 Å². The second kappa shape index (κ2) is 10.2. The maximum atomic E-state index is 12.4. The van der Waals surface area contributed by atoms with Crippen LogP contribution < -0.4 is 10.0 Å². The normalized spacial score (nSPS) is 13.0. The largest absolute Gasteiger partial charge is 0.467 e. The van der Waals surface area contributed by atoms with E-state index >= 15 is 0 Å². The Hall–Kier alpha value is -2.03. The molecule has 0 aliphatic heterocycles. The van der Waals surface area contributed by atoms with E-state index in [2.05, 4.69) is 10.0 Å². The van der Waals surface area contributed by atoms with Crippen molar-refractivity contribution in [3.05, 3.63) is 65.5 Å². The van der Waals surface area contributed by atoms with Crippen molar-refractivity contribution in [3.63, 3.8) is 0 Å². The van der Waals surface area contributed by atoms with E-state index in [0.29, 0.717) is 17.9 Å². The minimum absolute atomic E-state index is 0.211. The number of nitrogens with one attached hydrogen (secondary N) is 2. The molecular formula is C18H22N2O4S2. The van der Waals surface area contributed by atoms with Crippen LogP contribution in [0.1, 0.15) is 17.7 Å². The van der Waals surface area contributed by atoms with Crippen molar-refractivity contribution in [2.75, 3.05) is 12.0 Å². The summed E-state index contributed by atoms with van der Waals surface area (Å²) in [6.07, 6.45) is 5.31. The lowest BCUT2D eigenvalue weighted by Crippen LogP contribution is -2.46. The zero-order chi connectivity index (χ0) is 18.8. The van der Waals surface area contributed by atoms with Crippen LogP contribution in [0, 0.1) is 0 Å².